The average Bonchev–Trinajstić information content (AvgIpc) is 2.44. The summed E-state index contributed by atoms with van der Waals surface area (Å²) < 4.78 is 5.49. The predicted octanol–water partition coefficient (Wildman–Crippen LogP) is 0.969. The van der Waals surface area contributed by atoms with Crippen LogP contribution in [0.4, 0.5) is 4.79 Å². The molecule has 1 amide bonds. The normalized spacial score (nSPS) is 32.8. The van der Waals surface area contributed by atoms with Gasteiger partial charge >= 0.3 is 6.09 Å². The van der Waals surface area contributed by atoms with Gasteiger partial charge in [0.25, 0.3) is 0 Å². The largest absolute Gasteiger partial charge is 0.440 e. The first kappa shape index (κ1) is 9.77. The lowest BCUT2D eigenvalue weighted by Gasteiger charge is -2.31. The van der Waals surface area contributed by atoms with Gasteiger partial charge in [-0.15, -0.1) is 0 Å². The predicted molar refractivity (Wildman–Crippen MR) is 53.2 cm³/mol. The second-order valence-corrected chi connectivity index (χ2v) is 4.55. The van der Waals surface area contributed by atoms with Crippen molar-refractivity contribution in [3.63, 3.8) is 0 Å². The zero-order chi connectivity index (χ0) is 10.2. The number of carbonyl (C=O) groups is 1. The molecule has 0 bridgehead atoms. The van der Waals surface area contributed by atoms with Crippen molar-refractivity contribution in [2.45, 2.75) is 38.3 Å². The number of carbonyl (C=O) groups excluding carboxylic acids is 1. The molecule has 4 heteroatoms. The van der Waals surface area contributed by atoms with Crippen molar-refractivity contribution < 1.29 is 9.53 Å². The summed E-state index contributed by atoms with van der Waals surface area (Å²) in [6, 6.07) is 0.240. The maximum absolute atomic E-state index is 11.6. The van der Waals surface area contributed by atoms with Gasteiger partial charge in [-0.05, 0) is 33.2 Å². The topological polar surface area (TPSA) is 41.6 Å². The molecular formula is C10H18N2O2. The molecule has 1 spiro atoms. The van der Waals surface area contributed by atoms with E-state index in [1.165, 1.54) is 0 Å². The maximum atomic E-state index is 11.6. The molecule has 2 saturated heterocycles. The summed E-state index contributed by atoms with van der Waals surface area (Å²) in [5.41, 5.74) is -0.237. The van der Waals surface area contributed by atoms with Gasteiger partial charge in [-0.1, -0.05) is 0 Å². The fourth-order valence-corrected chi connectivity index (χ4v) is 2.21. The van der Waals surface area contributed by atoms with Gasteiger partial charge in [0.2, 0.25) is 0 Å². The summed E-state index contributed by atoms with van der Waals surface area (Å²) in [4.78, 5) is 13.4. The third-order valence-corrected chi connectivity index (χ3v) is 3.05. The fraction of sp³-hybridized carbons (Fsp3) is 0.900. The summed E-state index contributed by atoms with van der Waals surface area (Å²) in [5, 5.41) is 3.29. The van der Waals surface area contributed by atoms with E-state index in [1.807, 2.05) is 18.7 Å². The summed E-state index contributed by atoms with van der Waals surface area (Å²) in [7, 11) is 0. The Hall–Kier alpha value is -0.770. The zero-order valence-corrected chi connectivity index (χ0v) is 8.88. The van der Waals surface area contributed by atoms with Crippen LogP contribution in [-0.4, -0.2) is 42.3 Å². The number of amides is 1. The monoisotopic (exact) mass is 198 g/mol. The Kier molecular flexibility index (Phi) is 2.39. The van der Waals surface area contributed by atoms with Crippen LogP contribution in [0.1, 0.15) is 26.7 Å². The lowest BCUT2D eigenvalue weighted by molar-refractivity contribution is 0.0366. The molecule has 0 aromatic rings. The van der Waals surface area contributed by atoms with Crippen molar-refractivity contribution in [1.29, 1.82) is 0 Å². The molecule has 2 rings (SSSR count). The van der Waals surface area contributed by atoms with Gasteiger partial charge in [-0.25, -0.2) is 4.79 Å². The second kappa shape index (κ2) is 3.42. The van der Waals surface area contributed by atoms with Crippen LogP contribution >= 0.6 is 0 Å². The highest BCUT2D eigenvalue weighted by Crippen LogP contribution is 2.30. The number of hydrogen-bond acceptors (Lipinski definition) is 3. The Bertz CT molecular complexity index is 234. The van der Waals surface area contributed by atoms with E-state index < -0.39 is 0 Å². The Labute approximate surface area is 84.6 Å². The van der Waals surface area contributed by atoms with E-state index in [-0.39, 0.29) is 17.7 Å². The van der Waals surface area contributed by atoms with Crippen molar-refractivity contribution in [2.75, 3.05) is 19.6 Å². The molecule has 1 N–H and O–H groups in total. The lowest BCUT2D eigenvalue weighted by atomic mass is 9.94. The summed E-state index contributed by atoms with van der Waals surface area (Å²) in [6.07, 6.45) is 1.94. The van der Waals surface area contributed by atoms with Crippen molar-refractivity contribution in [3.8, 4) is 0 Å². The van der Waals surface area contributed by atoms with Crippen LogP contribution in [0.3, 0.4) is 0 Å². The summed E-state index contributed by atoms with van der Waals surface area (Å²) >= 11 is 0. The molecule has 4 nitrogen and oxygen atoms in total. The molecule has 1 atom stereocenters. The highest BCUT2D eigenvalue weighted by molar-refractivity contribution is 5.71. The van der Waals surface area contributed by atoms with E-state index in [0.717, 1.165) is 32.5 Å². The first-order valence-electron chi connectivity index (χ1n) is 5.33. The van der Waals surface area contributed by atoms with Crippen LogP contribution in [0.15, 0.2) is 0 Å². The number of ether oxygens (including phenoxy) is 1. The van der Waals surface area contributed by atoms with E-state index in [1.54, 1.807) is 0 Å². The Morgan fingerprint density at radius 3 is 2.86 bits per heavy atom. The SMILES string of the molecule is CC(C)N1C[C@@]2(CCCNC2)OC1=O. The average molecular weight is 198 g/mol. The number of piperidine rings is 1. The number of nitrogens with zero attached hydrogens (tertiary/aromatic N) is 1. The molecule has 2 heterocycles. The third-order valence-electron chi connectivity index (χ3n) is 3.05. The first-order valence-corrected chi connectivity index (χ1v) is 5.33. The molecule has 0 saturated carbocycles. The third kappa shape index (κ3) is 1.59. The van der Waals surface area contributed by atoms with Gasteiger partial charge in [0, 0.05) is 12.6 Å². The maximum Gasteiger partial charge on any atom is 0.410 e. The van der Waals surface area contributed by atoms with Gasteiger partial charge in [0.15, 0.2) is 0 Å². The standard InChI is InChI=1S/C10H18N2O2/c1-8(2)12-7-10(14-9(12)13)4-3-5-11-6-10/h8,11H,3-7H2,1-2H3/t10-/m0/s1. The molecular weight excluding hydrogens is 180 g/mol. The zero-order valence-electron chi connectivity index (χ0n) is 8.88. The highest BCUT2D eigenvalue weighted by Gasteiger charge is 2.46. The van der Waals surface area contributed by atoms with Crippen LogP contribution < -0.4 is 5.32 Å². The smallest absolute Gasteiger partial charge is 0.410 e. The van der Waals surface area contributed by atoms with Crippen molar-refractivity contribution in [1.82, 2.24) is 10.2 Å². The van der Waals surface area contributed by atoms with Crippen LogP contribution in [0.5, 0.6) is 0 Å². The molecule has 2 aliphatic heterocycles. The minimum atomic E-state index is -0.237. The van der Waals surface area contributed by atoms with E-state index in [4.69, 9.17) is 4.74 Å². The number of rotatable bonds is 1. The van der Waals surface area contributed by atoms with Crippen molar-refractivity contribution in [2.24, 2.45) is 0 Å². The van der Waals surface area contributed by atoms with E-state index in [9.17, 15) is 4.79 Å². The van der Waals surface area contributed by atoms with Crippen LogP contribution in [0.2, 0.25) is 0 Å². The highest BCUT2D eigenvalue weighted by atomic mass is 16.6. The lowest BCUT2D eigenvalue weighted by Crippen LogP contribution is -2.49. The van der Waals surface area contributed by atoms with E-state index >= 15 is 0 Å². The van der Waals surface area contributed by atoms with Gasteiger partial charge in [-0.2, -0.15) is 0 Å². The molecule has 2 fully saturated rings. The molecule has 2 aliphatic rings. The van der Waals surface area contributed by atoms with Crippen LogP contribution in [-0.2, 0) is 4.74 Å². The van der Waals surface area contributed by atoms with Crippen LogP contribution in [0.25, 0.3) is 0 Å². The van der Waals surface area contributed by atoms with Crippen molar-refractivity contribution >= 4 is 6.09 Å². The van der Waals surface area contributed by atoms with E-state index in [2.05, 4.69) is 5.32 Å². The molecule has 80 valence electrons. The summed E-state index contributed by atoms with van der Waals surface area (Å²) in [6.45, 7) is 6.65. The molecule has 0 aromatic heterocycles. The minimum absolute atomic E-state index is 0.149. The molecule has 0 aromatic carbocycles. The molecule has 0 aliphatic carbocycles. The van der Waals surface area contributed by atoms with Gasteiger partial charge < -0.3 is 15.0 Å². The second-order valence-electron chi connectivity index (χ2n) is 4.55. The first-order chi connectivity index (χ1) is 6.63. The van der Waals surface area contributed by atoms with Gasteiger partial charge in [0.1, 0.15) is 5.60 Å². The van der Waals surface area contributed by atoms with Gasteiger partial charge in [-0.3, -0.25) is 0 Å². The Morgan fingerprint density at radius 2 is 2.36 bits per heavy atom. The number of nitrogens with one attached hydrogen (secondary N) is 1. The quantitative estimate of drug-likeness (QED) is 0.682. The fourth-order valence-electron chi connectivity index (χ4n) is 2.21. The summed E-state index contributed by atoms with van der Waals surface area (Å²) in [5.74, 6) is 0. The van der Waals surface area contributed by atoms with E-state index in [0.29, 0.717) is 0 Å². The van der Waals surface area contributed by atoms with Crippen molar-refractivity contribution in [3.05, 3.63) is 0 Å². The van der Waals surface area contributed by atoms with Gasteiger partial charge in [0.05, 0.1) is 6.54 Å². The Balaban J connectivity index is 2.07. The Morgan fingerprint density at radius 1 is 1.57 bits per heavy atom. The molecule has 14 heavy (non-hydrogen) atoms. The molecule has 0 unspecified atom stereocenters. The van der Waals surface area contributed by atoms with Crippen LogP contribution in [0, 0.1) is 0 Å². The number of hydrogen-bond donors (Lipinski definition) is 1. The minimum Gasteiger partial charge on any atom is -0.440 e. The molecule has 0 radical (unpaired) electrons.